The summed E-state index contributed by atoms with van der Waals surface area (Å²) in [4.78, 5) is 15.8. The van der Waals surface area contributed by atoms with E-state index in [1.165, 1.54) is 12.8 Å². The Morgan fingerprint density at radius 2 is 2.00 bits per heavy atom. The average Bonchev–Trinajstić information content (AvgIpc) is 3.24. The molecule has 0 aromatic rings. The third-order valence-electron chi connectivity index (χ3n) is 4.09. The molecule has 19 heavy (non-hydrogen) atoms. The molecule has 1 aliphatic heterocycles. The Morgan fingerprint density at radius 1 is 1.32 bits per heavy atom. The first kappa shape index (κ1) is 14.6. The van der Waals surface area contributed by atoms with E-state index in [1.807, 2.05) is 11.8 Å². The number of likely N-dealkylation sites (tertiary alicyclic amines) is 1. The fourth-order valence-electron chi connectivity index (χ4n) is 2.62. The molecule has 0 bridgehead atoms. The van der Waals surface area contributed by atoms with E-state index >= 15 is 0 Å². The van der Waals surface area contributed by atoms with Gasteiger partial charge in [0.05, 0.1) is 6.61 Å². The van der Waals surface area contributed by atoms with Gasteiger partial charge in [-0.1, -0.05) is 0 Å². The van der Waals surface area contributed by atoms with Crippen LogP contribution in [0.5, 0.6) is 0 Å². The highest BCUT2D eigenvalue weighted by Crippen LogP contribution is 2.24. The first-order valence-electron chi connectivity index (χ1n) is 7.56. The van der Waals surface area contributed by atoms with Gasteiger partial charge < -0.3 is 19.9 Å². The van der Waals surface area contributed by atoms with Crippen LogP contribution >= 0.6 is 0 Å². The molecule has 1 amide bonds. The van der Waals surface area contributed by atoms with Gasteiger partial charge in [0.25, 0.3) is 0 Å². The minimum Gasteiger partial charge on any atom is -0.450 e. The molecule has 2 fully saturated rings. The van der Waals surface area contributed by atoms with E-state index in [1.54, 1.807) is 0 Å². The van der Waals surface area contributed by atoms with Crippen molar-refractivity contribution < 1.29 is 9.53 Å². The summed E-state index contributed by atoms with van der Waals surface area (Å²) in [6.45, 7) is 6.12. The Hall–Kier alpha value is -0.810. The number of ether oxygens (including phenoxy) is 1. The van der Waals surface area contributed by atoms with Gasteiger partial charge in [-0.3, -0.25) is 0 Å². The van der Waals surface area contributed by atoms with E-state index in [9.17, 15) is 4.79 Å². The molecule has 1 N–H and O–H groups in total. The van der Waals surface area contributed by atoms with E-state index < -0.39 is 0 Å². The molecule has 5 nitrogen and oxygen atoms in total. The van der Waals surface area contributed by atoms with Gasteiger partial charge in [-0.2, -0.15) is 0 Å². The van der Waals surface area contributed by atoms with Crippen LogP contribution in [-0.4, -0.2) is 67.8 Å². The Balaban J connectivity index is 1.56. The molecule has 0 aromatic carbocycles. The third-order valence-corrected chi connectivity index (χ3v) is 4.09. The van der Waals surface area contributed by atoms with Gasteiger partial charge in [0.15, 0.2) is 0 Å². The molecule has 0 unspecified atom stereocenters. The molecule has 1 heterocycles. The average molecular weight is 269 g/mol. The van der Waals surface area contributed by atoms with Gasteiger partial charge in [0.2, 0.25) is 0 Å². The maximum Gasteiger partial charge on any atom is 0.409 e. The monoisotopic (exact) mass is 269 g/mol. The number of carbonyl (C=O) groups excluding carboxylic acids is 1. The van der Waals surface area contributed by atoms with Crippen molar-refractivity contribution in [3.8, 4) is 0 Å². The highest BCUT2D eigenvalue weighted by atomic mass is 16.6. The molecular formula is C14H27N3O2. The fraction of sp³-hybridized carbons (Fsp3) is 0.929. The molecule has 0 radical (unpaired) electrons. The van der Waals surface area contributed by atoms with Crippen molar-refractivity contribution in [2.75, 3.05) is 39.8 Å². The van der Waals surface area contributed by atoms with E-state index in [-0.39, 0.29) is 6.09 Å². The highest BCUT2D eigenvalue weighted by Gasteiger charge is 2.26. The lowest BCUT2D eigenvalue weighted by molar-refractivity contribution is 0.0949. The van der Waals surface area contributed by atoms with E-state index in [4.69, 9.17) is 4.74 Å². The van der Waals surface area contributed by atoms with Gasteiger partial charge in [0.1, 0.15) is 0 Å². The molecule has 0 aromatic heterocycles. The third kappa shape index (κ3) is 4.66. The van der Waals surface area contributed by atoms with Gasteiger partial charge in [0, 0.05) is 38.3 Å². The second-order valence-corrected chi connectivity index (χ2v) is 5.63. The van der Waals surface area contributed by atoms with Crippen LogP contribution in [0.25, 0.3) is 0 Å². The van der Waals surface area contributed by atoms with Crippen molar-refractivity contribution in [2.45, 2.75) is 44.7 Å². The van der Waals surface area contributed by atoms with Crippen LogP contribution < -0.4 is 5.32 Å². The fourth-order valence-corrected chi connectivity index (χ4v) is 2.62. The van der Waals surface area contributed by atoms with E-state index in [0.29, 0.717) is 12.6 Å². The summed E-state index contributed by atoms with van der Waals surface area (Å²) in [5, 5.41) is 3.61. The number of hydrogen-bond donors (Lipinski definition) is 1. The maximum absolute atomic E-state index is 11.6. The number of rotatable bonds is 6. The summed E-state index contributed by atoms with van der Waals surface area (Å²) in [6.07, 6.45) is 4.65. The maximum atomic E-state index is 11.6. The number of hydrogen-bond acceptors (Lipinski definition) is 4. The van der Waals surface area contributed by atoms with Crippen LogP contribution in [0.3, 0.4) is 0 Å². The number of carbonyl (C=O) groups is 1. The first-order chi connectivity index (χ1) is 9.20. The van der Waals surface area contributed by atoms with Gasteiger partial charge in [-0.15, -0.1) is 0 Å². The lowest BCUT2D eigenvalue weighted by atomic mass is 10.1. The number of nitrogens with zero attached hydrogens (tertiary/aromatic N) is 2. The van der Waals surface area contributed by atoms with Crippen molar-refractivity contribution in [3.05, 3.63) is 0 Å². The predicted octanol–water partition coefficient (Wildman–Crippen LogP) is 1.29. The molecule has 1 aliphatic carbocycles. The molecule has 110 valence electrons. The molecule has 1 saturated heterocycles. The smallest absolute Gasteiger partial charge is 0.409 e. The van der Waals surface area contributed by atoms with Crippen LogP contribution in [-0.2, 0) is 4.74 Å². The van der Waals surface area contributed by atoms with Gasteiger partial charge in [-0.05, 0) is 39.7 Å². The second kappa shape index (κ2) is 7.10. The highest BCUT2D eigenvalue weighted by molar-refractivity contribution is 5.67. The molecule has 2 rings (SSSR count). The van der Waals surface area contributed by atoms with Gasteiger partial charge >= 0.3 is 6.09 Å². The zero-order chi connectivity index (χ0) is 13.7. The number of amides is 1. The quantitative estimate of drug-likeness (QED) is 0.789. The van der Waals surface area contributed by atoms with E-state index in [2.05, 4.69) is 17.3 Å². The second-order valence-electron chi connectivity index (χ2n) is 5.63. The number of nitrogens with one attached hydrogen (secondary N) is 1. The molecule has 5 heteroatoms. The molecular weight excluding hydrogens is 242 g/mol. The van der Waals surface area contributed by atoms with Gasteiger partial charge in [-0.25, -0.2) is 4.79 Å². The Morgan fingerprint density at radius 3 is 2.58 bits per heavy atom. The summed E-state index contributed by atoms with van der Waals surface area (Å²) >= 11 is 0. The Bertz CT molecular complexity index is 286. The van der Waals surface area contributed by atoms with Crippen molar-refractivity contribution in [3.63, 3.8) is 0 Å². The predicted molar refractivity (Wildman–Crippen MR) is 75.3 cm³/mol. The zero-order valence-electron chi connectivity index (χ0n) is 12.2. The van der Waals surface area contributed by atoms with Crippen LogP contribution in [0.4, 0.5) is 4.79 Å². The lowest BCUT2D eigenvalue weighted by Gasteiger charge is -2.32. The minimum atomic E-state index is -0.158. The van der Waals surface area contributed by atoms with Crippen LogP contribution in [0.2, 0.25) is 0 Å². The standard InChI is InChI=1S/C14H27N3O2/c1-3-19-14(18)17-9-6-12(7-10-17)15-8-11-16(2)13-4-5-13/h12-13,15H,3-11H2,1-2H3. The van der Waals surface area contributed by atoms with Crippen LogP contribution in [0.15, 0.2) is 0 Å². The Kier molecular flexibility index (Phi) is 5.45. The van der Waals surface area contributed by atoms with Crippen molar-refractivity contribution in [2.24, 2.45) is 0 Å². The lowest BCUT2D eigenvalue weighted by Crippen LogP contribution is -2.46. The summed E-state index contributed by atoms with van der Waals surface area (Å²) in [5.74, 6) is 0. The number of likely N-dealkylation sites (N-methyl/N-ethyl adjacent to an activating group) is 1. The molecule has 2 aliphatic rings. The SMILES string of the molecule is CCOC(=O)N1CCC(NCCN(C)C2CC2)CC1. The normalized spacial score (nSPS) is 20.9. The largest absolute Gasteiger partial charge is 0.450 e. The Labute approximate surface area is 116 Å². The first-order valence-corrected chi connectivity index (χ1v) is 7.56. The number of piperidine rings is 1. The molecule has 0 spiro atoms. The minimum absolute atomic E-state index is 0.158. The summed E-state index contributed by atoms with van der Waals surface area (Å²) in [7, 11) is 2.21. The van der Waals surface area contributed by atoms with Crippen LogP contribution in [0, 0.1) is 0 Å². The van der Waals surface area contributed by atoms with Crippen molar-refractivity contribution >= 4 is 6.09 Å². The zero-order valence-corrected chi connectivity index (χ0v) is 12.2. The molecule has 0 atom stereocenters. The van der Waals surface area contributed by atoms with E-state index in [0.717, 1.165) is 45.1 Å². The van der Waals surface area contributed by atoms with Crippen molar-refractivity contribution in [1.82, 2.24) is 15.1 Å². The van der Waals surface area contributed by atoms with Crippen LogP contribution in [0.1, 0.15) is 32.6 Å². The van der Waals surface area contributed by atoms with Crippen molar-refractivity contribution in [1.29, 1.82) is 0 Å². The molecule has 1 saturated carbocycles. The summed E-state index contributed by atoms with van der Waals surface area (Å²) in [6, 6.07) is 1.39. The summed E-state index contributed by atoms with van der Waals surface area (Å²) < 4.78 is 5.02. The topological polar surface area (TPSA) is 44.8 Å². The summed E-state index contributed by atoms with van der Waals surface area (Å²) in [5.41, 5.74) is 0.